The number of allylic oxidation sites excluding steroid dienone is 1. The van der Waals surface area contributed by atoms with Crippen LogP contribution < -0.4 is 15.4 Å². The fourth-order valence-corrected chi connectivity index (χ4v) is 4.28. The Morgan fingerprint density at radius 2 is 1.97 bits per heavy atom. The van der Waals surface area contributed by atoms with Crippen molar-refractivity contribution in [3.05, 3.63) is 59.4 Å². The predicted octanol–water partition coefficient (Wildman–Crippen LogP) is 5.77. The summed E-state index contributed by atoms with van der Waals surface area (Å²) < 4.78 is 5.40. The third kappa shape index (κ3) is 6.33. The van der Waals surface area contributed by atoms with Crippen LogP contribution in [0, 0.1) is 18.3 Å². The topological polar surface area (TPSA) is 70.0 Å². The third-order valence-corrected chi connectivity index (χ3v) is 6.13. The van der Waals surface area contributed by atoms with Crippen LogP contribution in [0.5, 0.6) is 5.75 Å². The van der Waals surface area contributed by atoms with Crippen LogP contribution in [0.15, 0.2) is 42.7 Å². The fraction of sp³-hybridized carbons (Fsp3) is 0.462. The smallest absolute Gasteiger partial charge is 0.126 e. The molecule has 0 unspecified atom stereocenters. The number of benzene rings is 1. The van der Waals surface area contributed by atoms with Gasteiger partial charge in [0.1, 0.15) is 11.6 Å². The van der Waals surface area contributed by atoms with Crippen LogP contribution in [0.1, 0.15) is 62.1 Å². The van der Waals surface area contributed by atoms with Crippen molar-refractivity contribution in [2.45, 2.75) is 58.4 Å². The molecule has 166 valence electrons. The summed E-state index contributed by atoms with van der Waals surface area (Å²) in [6.07, 6.45) is 10.0. The summed E-state index contributed by atoms with van der Waals surface area (Å²) >= 11 is 0. The fourth-order valence-electron chi connectivity index (χ4n) is 4.28. The maximum atomic E-state index is 7.72. The molecule has 3 rings (SSSR count). The first-order chi connectivity index (χ1) is 15.0. The van der Waals surface area contributed by atoms with E-state index in [4.69, 9.17) is 10.1 Å². The lowest BCUT2D eigenvalue weighted by Gasteiger charge is -2.29. The molecule has 1 fully saturated rings. The summed E-state index contributed by atoms with van der Waals surface area (Å²) in [6.45, 7) is 7.24. The number of nitrogens with zero attached hydrogens (tertiary/aromatic N) is 1. The molecule has 0 aliphatic heterocycles. The first-order valence-electron chi connectivity index (χ1n) is 11.3. The van der Waals surface area contributed by atoms with Crippen LogP contribution in [-0.4, -0.2) is 30.9 Å². The maximum Gasteiger partial charge on any atom is 0.126 e. The molecule has 0 radical (unpaired) electrons. The average Bonchev–Trinajstić information content (AvgIpc) is 2.78. The number of hydrogen-bond acceptors (Lipinski definition) is 5. The van der Waals surface area contributed by atoms with Gasteiger partial charge in [0.25, 0.3) is 0 Å². The molecule has 1 aromatic carbocycles. The van der Waals surface area contributed by atoms with Crippen molar-refractivity contribution in [3.8, 4) is 5.75 Å². The highest BCUT2D eigenvalue weighted by atomic mass is 16.5. The predicted molar refractivity (Wildman–Crippen MR) is 130 cm³/mol. The number of hydrogen-bond donors (Lipinski definition) is 3. The summed E-state index contributed by atoms with van der Waals surface area (Å²) in [5.41, 5.74) is 4.52. The first kappa shape index (κ1) is 22.9. The molecule has 1 saturated carbocycles. The Morgan fingerprint density at radius 1 is 1.19 bits per heavy atom. The van der Waals surface area contributed by atoms with Gasteiger partial charge >= 0.3 is 0 Å². The first-order valence-corrected chi connectivity index (χ1v) is 11.3. The minimum Gasteiger partial charge on any atom is -0.496 e. The Balaban J connectivity index is 1.53. The highest BCUT2D eigenvalue weighted by Gasteiger charge is 2.22. The number of pyridine rings is 1. The van der Waals surface area contributed by atoms with Gasteiger partial charge in [-0.25, -0.2) is 4.98 Å². The SMILES string of the molecule is COc1ccc(C2CCC(CNc3cc(/C(C=N)=C/NC(C)C)ccn3)CC2)cc1C. The van der Waals surface area contributed by atoms with E-state index in [1.54, 1.807) is 7.11 Å². The lowest BCUT2D eigenvalue weighted by atomic mass is 9.78. The number of anilines is 1. The zero-order valence-corrected chi connectivity index (χ0v) is 19.2. The van der Waals surface area contributed by atoms with Gasteiger partial charge in [-0.15, -0.1) is 0 Å². The van der Waals surface area contributed by atoms with Crippen LogP contribution >= 0.6 is 0 Å². The average molecular weight is 421 g/mol. The standard InChI is InChI=1S/C26H36N4O/c1-18(2)29-17-24(15-27)23-11-12-28-26(14-23)30-16-20-5-7-21(8-6-20)22-9-10-25(31-4)19(3)13-22/h9-15,17-18,20-21,27,29H,5-8,16H2,1-4H3,(H,28,30)/b24-17+,27-15?. The number of aryl methyl sites for hydroxylation is 1. The van der Waals surface area contributed by atoms with Crippen LogP contribution in [0.3, 0.4) is 0 Å². The van der Waals surface area contributed by atoms with Crippen molar-refractivity contribution in [2.75, 3.05) is 19.0 Å². The molecular weight excluding hydrogens is 384 g/mol. The molecule has 3 N–H and O–H groups in total. The third-order valence-electron chi connectivity index (χ3n) is 6.13. The molecule has 5 nitrogen and oxygen atoms in total. The summed E-state index contributed by atoms with van der Waals surface area (Å²) in [6, 6.07) is 10.9. The summed E-state index contributed by atoms with van der Waals surface area (Å²) in [5, 5.41) is 14.5. The van der Waals surface area contributed by atoms with Gasteiger partial charge in [-0.3, -0.25) is 0 Å². The minimum atomic E-state index is 0.339. The van der Waals surface area contributed by atoms with Crippen molar-refractivity contribution in [2.24, 2.45) is 5.92 Å². The molecule has 0 spiro atoms. The molecule has 0 bridgehead atoms. The molecule has 0 atom stereocenters. The van der Waals surface area contributed by atoms with Crippen LogP contribution in [0.2, 0.25) is 0 Å². The van der Waals surface area contributed by atoms with Crippen LogP contribution in [0.25, 0.3) is 5.57 Å². The monoisotopic (exact) mass is 420 g/mol. The van der Waals surface area contributed by atoms with Gasteiger partial charge in [0.05, 0.1) is 7.11 Å². The Hall–Kier alpha value is -2.82. The van der Waals surface area contributed by atoms with Crippen molar-refractivity contribution >= 4 is 17.6 Å². The highest BCUT2D eigenvalue weighted by Crippen LogP contribution is 2.37. The quantitative estimate of drug-likeness (QED) is 0.450. The van der Waals surface area contributed by atoms with E-state index < -0.39 is 0 Å². The van der Waals surface area contributed by atoms with E-state index in [-0.39, 0.29) is 0 Å². The molecule has 5 heteroatoms. The molecule has 1 aromatic heterocycles. The van der Waals surface area contributed by atoms with Crippen LogP contribution in [-0.2, 0) is 0 Å². The summed E-state index contributed by atoms with van der Waals surface area (Å²) in [7, 11) is 1.73. The van der Waals surface area contributed by atoms with Crippen molar-refractivity contribution in [1.29, 1.82) is 5.41 Å². The van der Waals surface area contributed by atoms with Gasteiger partial charge in [0.2, 0.25) is 0 Å². The van der Waals surface area contributed by atoms with Crippen LogP contribution in [0.4, 0.5) is 5.82 Å². The molecule has 2 aromatic rings. The summed E-state index contributed by atoms with van der Waals surface area (Å²) in [5.74, 6) is 3.16. The van der Waals surface area contributed by atoms with E-state index in [0.29, 0.717) is 17.9 Å². The Bertz CT molecular complexity index is 898. The molecule has 0 saturated heterocycles. The normalized spacial score (nSPS) is 19.2. The van der Waals surface area contributed by atoms with Gasteiger partial charge in [-0.1, -0.05) is 12.1 Å². The number of nitrogens with one attached hydrogen (secondary N) is 3. The van der Waals surface area contributed by atoms with E-state index in [9.17, 15) is 0 Å². The van der Waals surface area contributed by atoms with E-state index in [1.807, 2.05) is 24.5 Å². The lowest BCUT2D eigenvalue weighted by Crippen LogP contribution is -2.21. The molecule has 31 heavy (non-hydrogen) atoms. The van der Waals surface area contributed by atoms with E-state index in [2.05, 4.69) is 54.6 Å². The second-order valence-electron chi connectivity index (χ2n) is 8.82. The largest absolute Gasteiger partial charge is 0.496 e. The highest BCUT2D eigenvalue weighted by molar-refractivity contribution is 6.08. The van der Waals surface area contributed by atoms with Crippen molar-refractivity contribution in [1.82, 2.24) is 10.3 Å². The number of aromatic nitrogens is 1. The molecule has 1 heterocycles. The second-order valence-corrected chi connectivity index (χ2v) is 8.82. The Morgan fingerprint density at radius 3 is 2.61 bits per heavy atom. The lowest BCUT2D eigenvalue weighted by molar-refractivity contribution is 0.338. The minimum absolute atomic E-state index is 0.339. The number of ether oxygens (including phenoxy) is 1. The van der Waals surface area contributed by atoms with Crippen molar-refractivity contribution < 1.29 is 4.74 Å². The zero-order chi connectivity index (χ0) is 22.2. The van der Waals surface area contributed by atoms with E-state index >= 15 is 0 Å². The summed E-state index contributed by atoms with van der Waals surface area (Å²) in [4.78, 5) is 4.48. The van der Waals surface area contributed by atoms with Gasteiger partial charge in [0.15, 0.2) is 0 Å². The molecular formula is C26H36N4O. The van der Waals surface area contributed by atoms with E-state index in [1.165, 1.54) is 43.0 Å². The van der Waals surface area contributed by atoms with Crippen molar-refractivity contribution in [3.63, 3.8) is 0 Å². The molecule has 1 aliphatic carbocycles. The van der Waals surface area contributed by atoms with Gasteiger partial charge in [-0.2, -0.15) is 0 Å². The van der Waals surface area contributed by atoms with Gasteiger partial charge < -0.3 is 20.8 Å². The second kappa shape index (κ2) is 11.0. The maximum absolute atomic E-state index is 7.72. The Labute approximate surface area is 186 Å². The van der Waals surface area contributed by atoms with Gasteiger partial charge in [0, 0.05) is 36.8 Å². The molecule has 0 amide bonds. The van der Waals surface area contributed by atoms with E-state index in [0.717, 1.165) is 29.2 Å². The number of rotatable bonds is 9. The van der Waals surface area contributed by atoms with Gasteiger partial charge in [-0.05, 0) is 93.2 Å². The molecule has 1 aliphatic rings. The zero-order valence-electron chi connectivity index (χ0n) is 19.2. The Kier molecular flexibility index (Phi) is 8.10. The number of methoxy groups -OCH3 is 1.